The maximum absolute atomic E-state index is 11.9. The highest BCUT2D eigenvalue weighted by Gasteiger charge is 2.24. The van der Waals surface area contributed by atoms with Gasteiger partial charge in [0.15, 0.2) is 0 Å². The van der Waals surface area contributed by atoms with Crippen molar-refractivity contribution in [2.24, 2.45) is 5.92 Å². The Morgan fingerprint density at radius 2 is 1.70 bits per heavy atom. The van der Waals surface area contributed by atoms with Gasteiger partial charge in [0, 0.05) is 0 Å². The van der Waals surface area contributed by atoms with Crippen LogP contribution in [0.4, 0.5) is 0 Å². The van der Waals surface area contributed by atoms with E-state index < -0.39 is 17.9 Å². The number of carbonyl (C=O) groups is 2. The van der Waals surface area contributed by atoms with Crippen LogP contribution in [0.5, 0.6) is 5.75 Å². The van der Waals surface area contributed by atoms with Crippen molar-refractivity contribution < 1.29 is 24.2 Å². The van der Waals surface area contributed by atoms with Crippen molar-refractivity contribution in [3.63, 3.8) is 0 Å². The maximum Gasteiger partial charge on any atom is 0.309 e. The van der Waals surface area contributed by atoms with Gasteiger partial charge in [-0.05, 0) is 38.0 Å². The zero-order valence-corrected chi connectivity index (χ0v) is 11.8. The van der Waals surface area contributed by atoms with Crippen molar-refractivity contribution in [3.05, 3.63) is 29.8 Å². The first-order valence-electron chi connectivity index (χ1n) is 6.67. The van der Waals surface area contributed by atoms with Crippen LogP contribution < -0.4 is 0 Å². The number of esters is 2. The molecule has 0 aromatic heterocycles. The fourth-order valence-electron chi connectivity index (χ4n) is 1.84. The molecule has 0 amide bonds. The van der Waals surface area contributed by atoms with E-state index >= 15 is 0 Å². The highest BCUT2D eigenvalue weighted by atomic mass is 16.5. The Morgan fingerprint density at radius 1 is 1.10 bits per heavy atom. The van der Waals surface area contributed by atoms with E-state index in [-0.39, 0.29) is 25.4 Å². The molecule has 0 fully saturated rings. The number of benzene rings is 1. The van der Waals surface area contributed by atoms with E-state index in [0.717, 1.165) is 5.56 Å². The lowest BCUT2D eigenvalue weighted by Gasteiger charge is -2.15. The number of aromatic hydroxyl groups is 1. The average molecular weight is 280 g/mol. The summed E-state index contributed by atoms with van der Waals surface area (Å²) in [7, 11) is 0. The molecule has 0 saturated carbocycles. The van der Waals surface area contributed by atoms with Gasteiger partial charge >= 0.3 is 11.9 Å². The second kappa shape index (κ2) is 8.19. The highest BCUT2D eigenvalue weighted by molar-refractivity contribution is 5.80. The predicted molar refractivity (Wildman–Crippen MR) is 73.2 cm³/mol. The summed E-state index contributed by atoms with van der Waals surface area (Å²) in [6.07, 6.45) is 0.367. The van der Waals surface area contributed by atoms with E-state index in [4.69, 9.17) is 9.47 Å². The molecule has 0 heterocycles. The molecule has 5 heteroatoms. The molecule has 1 rings (SSSR count). The van der Waals surface area contributed by atoms with Gasteiger partial charge < -0.3 is 14.6 Å². The summed E-state index contributed by atoms with van der Waals surface area (Å²) in [5.41, 5.74) is 0.852. The van der Waals surface area contributed by atoms with E-state index in [9.17, 15) is 14.7 Å². The first-order chi connectivity index (χ1) is 9.56. The monoisotopic (exact) mass is 280 g/mol. The normalized spacial score (nSPS) is 11.7. The van der Waals surface area contributed by atoms with E-state index in [1.807, 2.05) is 0 Å². The van der Waals surface area contributed by atoms with Crippen LogP contribution in [0, 0.1) is 5.92 Å². The lowest BCUT2D eigenvalue weighted by atomic mass is 9.96. The zero-order valence-electron chi connectivity index (χ0n) is 11.8. The average Bonchev–Trinajstić information content (AvgIpc) is 2.41. The summed E-state index contributed by atoms with van der Waals surface area (Å²) in [6.45, 7) is 4.00. The van der Waals surface area contributed by atoms with Crippen LogP contribution in [-0.4, -0.2) is 30.3 Å². The van der Waals surface area contributed by atoms with Crippen molar-refractivity contribution in [1.29, 1.82) is 0 Å². The zero-order chi connectivity index (χ0) is 15.0. The third kappa shape index (κ3) is 5.30. The summed E-state index contributed by atoms with van der Waals surface area (Å²) < 4.78 is 9.85. The van der Waals surface area contributed by atoms with Gasteiger partial charge in [-0.15, -0.1) is 0 Å². The van der Waals surface area contributed by atoms with Gasteiger partial charge in [-0.3, -0.25) is 9.59 Å². The van der Waals surface area contributed by atoms with Gasteiger partial charge in [0.05, 0.1) is 25.6 Å². The highest BCUT2D eigenvalue weighted by Crippen LogP contribution is 2.17. The molecule has 0 radical (unpaired) electrons. The van der Waals surface area contributed by atoms with Gasteiger partial charge in [-0.2, -0.15) is 0 Å². The van der Waals surface area contributed by atoms with Crippen molar-refractivity contribution in [1.82, 2.24) is 0 Å². The third-order valence-corrected chi connectivity index (χ3v) is 2.76. The molecule has 0 aliphatic rings. The molecule has 0 saturated heterocycles. The lowest BCUT2D eigenvalue weighted by Crippen LogP contribution is -2.24. The van der Waals surface area contributed by atoms with Crippen LogP contribution >= 0.6 is 0 Å². The molecule has 1 atom stereocenters. The molecule has 0 bridgehead atoms. The molecule has 1 aromatic rings. The maximum atomic E-state index is 11.9. The number of carbonyl (C=O) groups excluding carboxylic acids is 2. The van der Waals surface area contributed by atoms with Gasteiger partial charge in [0.1, 0.15) is 5.75 Å². The van der Waals surface area contributed by atoms with Gasteiger partial charge in [0.2, 0.25) is 0 Å². The van der Waals surface area contributed by atoms with Crippen molar-refractivity contribution in [3.8, 4) is 5.75 Å². The number of phenolic OH excluding ortho intramolecular Hbond substituents is 1. The van der Waals surface area contributed by atoms with Crippen LogP contribution in [0.3, 0.4) is 0 Å². The quantitative estimate of drug-likeness (QED) is 0.774. The number of ether oxygens (including phenoxy) is 2. The van der Waals surface area contributed by atoms with Crippen LogP contribution in [0.1, 0.15) is 25.8 Å². The van der Waals surface area contributed by atoms with Gasteiger partial charge in [-0.1, -0.05) is 12.1 Å². The largest absolute Gasteiger partial charge is 0.508 e. The molecule has 0 unspecified atom stereocenters. The third-order valence-electron chi connectivity index (χ3n) is 2.76. The smallest absolute Gasteiger partial charge is 0.309 e. The Balaban J connectivity index is 2.73. The number of hydrogen-bond donors (Lipinski definition) is 1. The Kier molecular flexibility index (Phi) is 6.56. The molecule has 5 nitrogen and oxygen atoms in total. The second-order valence-corrected chi connectivity index (χ2v) is 4.33. The summed E-state index contributed by atoms with van der Waals surface area (Å²) in [5.74, 6) is -1.23. The Labute approximate surface area is 118 Å². The Bertz CT molecular complexity index is 438. The first kappa shape index (κ1) is 16.0. The molecule has 110 valence electrons. The van der Waals surface area contributed by atoms with Crippen molar-refractivity contribution in [2.75, 3.05) is 13.2 Å². The molecule has 0 aliphatic heterocycles. The number of hydrogen-bond acceptors (Lipinski definition) is 5. The molecule has 20 heavy (non-hydrogen) atoms. The molecular weight excluding hydrogens is 260 g/mol. The van der Waals surface area contributed by atoms with Crippen molar-refractivity contribution in [2.45, 2.75) is 26.7 Å². The molecule has 0 aliphatic carbocycles. The number of rotatable bonds is 7. The van der Waals surface area contributed by atoms with E-state index in [2.05, 4.69) is 0 Å². The van der Waals surface area contributed by atoms with Crippen LogP contribution in [0.25, 0.3) is 0 Å². The fraction of sp³-hybridized carbons (Fsp3) is 0.467. The standard InChI is InChI=1S/C15H20O5/c1-3-19-14(17)10-12(15(18)20-4-2)9-11-5-7-13(16)8-6-11/h5-8,12,16H,3-4,9-10H2,1-2H3/t12-/m1/s1. The molecule has 0 spiro atoms. The number of phenols is 1. The first-order valence-corrected chi connectivity index (χ1v) is 6.67. The van der Waals surface area contributed by atoms with E-state index in [1.165, 1.54) is 0 Å². The molecule has 1 N–H and O–H groups in total. The predicted octanol–water partition coefficient (Wildman–Crippen LogP) is 2.07. The van der Waals surface area contributed by atoms with E-state index in [1.54, 1.807) is 38.1 Å². The summed E-state index contributed by atoms with van der Waals surface area (Å²) in [6, 6.07) is 6.52. The summed E-state index contributed by atoms with van der Waals surface area (Å²) >= 11 is 0. The topological polar surface area (TPSA) is 72.8 Å². The fourth-order valence-corrected chi connectivity index (χ4v) is 1.84. The molecular formula is C15H20O5. The van der Waals surface area contributed by atoms with Crippen LogP contribution in [0.2, 0.25) is 0 Å². The second-order valence-electron chi connectivity index (χ2n) is 4.33. The van der Waals surface area contributed by atoms with Crippen LogP contribution in [0.15, 0.2) is 24.3 Å². The minimum atomic E-state index is -0.571. The van der Waals surface area contributed by atoms with Crippen LogP contribution in [-0.2, 0) is 25.5 Å². The summed E-state index contributed by atoms with van der Waals surface area (Å²) in [5, 5.41) is 9.23. The van der Waals surface area contributed by atoms with E-state index in [0.29, 0.717) is 6.42 Å². The Morgan fingerprint density at radius 3 is 2.25 bits per heavy atom. The van der Waals surface area contributed by atoms with Gasteiger partial charge in [-0.25, -0.2) is 0 Å². The SMILES string of the molecule is CCOC(=O)C[C@@H](Cc1ccc(O)cc1)C(=O)OCC. The lowest BCUT2D eigenvalue weighted by molar-refractivity contribution is -0.154. The van der Waals surface area contributed by atoms with Crippen molar-refractivity contribution >= 4 is 11.9 Å². The minimum absolute atomic E-state index is 0.00640. The Hall–Kier alpha value is -2.04. The summed E-state index contributed by atoms with van der Waals surface area (Å²) in [4.78, 5) is 23.4. The molecule has 1 aromatic carbocycles. The minimum Gasteiger partial charge on any atom is -0.508 e. The van der Waals surface area contributed by atoms with Gasteiger partial charge in [0.25, 0.3) is 0 Å².